The van der Waals surface area contributed by atoms with Gasteiger partial charge in [0.1, 0.15) is 11.4 Å². The highest BCUT2D eigenvalue weighted by molar-refractivity contribution is 5.89. The van der Waals surface area contributed by atoms with Gasteiger partial charge in [-0.3, -0.25) is 9.36 Å². The summed E-state index contributed by atoms with van der Waals surface area (Å²) in [5.41, 5.74) is 0.891. The van der Waals surface area contributed by atoms with E-state index in [-0.39, 0.29) is 12.2 Å². The van der Waals surface area contributed by atoms with Gasteiger partial charge in [0.15, 0.2) is 0 Å². The van der Waals surface area contributed by atoms with Gasteiger partial charge in [-0.15, -0.1) is 0 Å². The maximum absolute atomic E-state index is 12.9. The van der Waals surface area contributed by atoms with Crippen molar-refractivity contribution in [2.24, 2.45) is 0 Å². The zero-order chi connectivity index (χ0) is 16.9. The summed E-state index contributed by atoms with van der Waals surface area (Å²) in [6.07, 6.45) is 1.28. The molecular formula is C19H16N2O3. The molecule has 0 bridgehead atoms. The van der Waals surface area contributed by atoms with E-state index in [0.717, 1.165) is 5.56 Å². The summed E-state index contributed by atoms with van der Waals surface area (Å²) in [5.74, 6) is -0.195. The van der Waals surface area contributed by atoms with Crippen molar-refractivity contribution in [1.29, 1.82) is 0 Å². The second kappa shape index (κ2) is 6.91. The van der Waals surface area contributed by atoms with Gasteiger partial charge in [0.2, 0.25) is 0 Å². The predicted octanol–water partition coefficient (Wildman–Crippen LogP) is 3.08. The number of ether oxygens (including phenoxy) is 1. The third-order valence-corrected chi connectivity index (χ3v) is 3.50. The molecule has 5 nitrogen and oxygen atoms in total. The van der Waals surface area contributed by atoms with Crippen LogP contribution in [0.3, 0.4) is 0 Å². The predicted molar refractivity (Wildman–Crippen MR) is 91.2 cm³/mol. The Morgan fingerprint density at radius 3 is 2.29 bits per heavy atom. The van der Waals surface area contributed by atoms with Crippen molar-refractivity contribution in [3.63, 3.8) is 0 Å². The molecule has 0 fully saturated rings. The molecule has 1 heterocycles. The number of aromatic nitrogens is 2. The highest BCUT2D eigenvalue weighted by Crippen LogP contribution is 2.19. The van der Waals surface area contributed by atoms with Gasteiger partial charge in [-0.2, -0.15) is 0 Å². The SMILES string of the molecule is CCOC(=O)c1cnc(-c2ccccc2)n(-c2ccccc2)c1=O. The van der Waals surface area contributed by atoms with E-state index in [0.29, 0.717) is 11.5 Å². The lowest BCUT2D eigenvalue weighted by molar-refractivity contribution is 0.0523. The van der Waals surface area contributed by atoms with Crippen LogP contribution in [0.2, 0.25) is 0 Å². The van der Waals surface area contributed by atoms with Gasteiger partial charge in [-0.1, -0.05) is 48.5 Å². The lowest BCUT2D eigenvalue weighted by Crippen LogP contribution is -2.28. The van der Waals surface area contributed by atoms with Gasteiger partial charge in [0.25, 0.3) is 5.56 Å². The molecule has 3 rings (SSSR count). The minimum absolute atomic E-state index is 0.0830. The highest BCUT2D eigenvalue weighted by Gasteiger charge is 2.19. The molecule has 0 aliphatic heterocycles. The van der Waals surface area contributed by atoms with Crippen LogP contribution in [0.1, 0.15) is 17.3 Å². The summed E-state index contributed by atoms with van der Waals surface area (Å²) >= 11 is 0. The first-order chi connectivity index (χ1) is 11.7. The van der Waals surface area contributed by atoms with Crippen molar-refractivity contribution in [3.8, 4) is 17.1 Å². The monoisotopic (exact) mass is 320 g/mol. The summed E-state index contributed by atoms with van der Waals surface area (Å²) in [6, 6.07) is 18.5. The van der Waals surface area contributed by atoms with Crippen molar-refractivity contribution in [1.82, 2.24) is 9.55 Å². The van der Waals surface area contributed by atoms with Crippen LogP contribution in [0.5, 0.6) is 0 Å². The zero-order valence-corrected chi connectivity index (χ0v) is 13.2. The summed E-state index contributed by atoms with van der Waals surface area (Å²) < 4.78 is 6.39. The molecule has 0 saturated heterocycles. The van der Waals surface area contributed by atoms with E-state index in [1.165, 1.54) is 10.8 Å². The molecule has 120 valence electrons. The van der Waals surface area contributed by atoms with E-state index in [4.69, 9.17) is 4.74 Å². The van der Waals surface area contributed by atoms with Crippen LogP contribution >= 0.6 is 0 Å². The largest absolute Gasteiger partial charge is 0.462 e. The Morgan fingerprint density at radius 1 is 1.04 bits per heavy atom. The van der Waals surface area contributed by atoms with Crippen molar-refractivity contribution in [3.05, 3.63) is 82.8 Å². The van der Waals surface area contributed by atoms with E-state index >= 15 is 0 Å². The third kappa shape index (κ3) is 2.96. The Labute approximate surface area is 139 Å². The molecule has 0 unspecified atom stereocenters. The average Bonchev–Trinajstić information content (AvgIpc) is 2.63. The summed E-state index contributed by atoms with van der Waals surface area (Å²) in [7, 11) is 0. The first-order valence-corrected chi connectivity index (χ1v) is 7.62. The maximum Gasteiger partial charge on any atom is 0.345 e. The number of hydrogen-bond acceptors (Lipinski definition) is 4. The second-order valence-corrected chi connectivity index (χ2v) is 5.06. The number of hydrogen-bond donors (Lipinski definition) is 0. The Balaban J connectivity index is 2.26. The van der Waals surface area contributed by atoms with Crippen molar-refractivity contribution >= 4 is 5.97 Å². The molecule has 0 spiro atoms. The fraction of sp³-hybridized carbons (Fsp3) is 0.105. The Morgan fingerprint density at radius 2 is 1.67 bits per heavy atom. The molecule has 3 aromatic rings. The third-order valence-electron chi connectivity index (χ3n) is 3.50. The maximum atomic E-state index is 12.9. The molecule has 0 atom stereocenters. The quantitative estimate of drug-likeness (QED) is 0.693. The minimum atomic E-state index is -0.667. The highest BCUT2D eigenvalue weighted by atomic mass is 16.5. The zero-order valence-electron chi connectivity index (χ0n) is 13.2. The molecule has 5 heteroatoms. The molecule has 0 N–H and O–H groups in total. The summed E-state index contributed by atoms with van der Waals surface area (Å²) in [6.45, 7) is 1.89. The van der Waals surface area contributed by atoms with Crippen LogP contribution in [0.15, 0.2) is 71.7 Å². The van der Waals surface area contributed by atoms with Crippen LogP contribution in [-0.2, 0) is 4.74 Å². The molecule has 0 amide bonds. The van der Waals surface area contributed by atoms with Gasteiger partial charge < -0.3 is 4.74 Å². The van der Waals surface area contributed by atoms with Gasteiger partial charge in [-0.05, 0) is 19.1 Å². The average molecular weight is 320 g/mol. The van der Waals surface area contributed by atoms with E-state index in [1.54, 1.807) is 19.1 Å². The topological polar surface area (TPSA) is 61.2 Å². The minimum Gasteiger partial charge on any atom is -0.462 e. The smallest absolute Gasteiger partial charge is 0.345 e. The Bertz CT molecular complexity index is 903. The van der Waals surface area contributed by atoms with Crippen molar-refractivity contribution in [2.45, 2.75) is 6.92 Å². The van der Waals surface area contributed by atoms with E-state index in [9.17, 15) is 9.59 Å². The number of rotatable bonds is 4. The fourth-order valence-corrected chi connectivity index (χ4v) is 2.41. The number of esters is 1. The van der Waals surface area contributed by atoms with Crippen molar-refractivity contribution < 1.29 is 9.53 Å². The number of benzene rings is 2. The van der Waals surface area contributed by atoms with Crippen LogP contribution < -0.4 is 5.56 Å². The van der Waals surface area contributed by atoms with E-state index in [2.05, 4.69) is 4.98 Å². The molecule has 24 heavy (non-hydrogen) atoms. The van der Waals surface area contributed by atoms with E-state index in [1.807, 2.05) is 48.5 Å². The first-order valence-electron chi connectivity index (χ1n) is 7.62. The summed E-state index contributed by atoms with van der Waals surface area (Å²) in [4.78, 5) is 29.3. The van der Waals surface area contributed by atoms with E-state index < -0.39 is 11.5 Å². The molecule has 0 radical (unpaired) electrons. The van der Waals surface area contributed by atoms with Gasteiger partial charge >= 0.3 is 5.97 Å². The standard InChI is InChI=1S/C19H16N2O3/c1-2-24-19(23)16-13-20-17(14-9-5-3-6-10-14)21(18(16)22)15-11-7-4-8-12-15/h3-13H,2H2,1H3. The molecule has 0 saturated carbocycles. The van der Waals surface area contributed by atoms with Crippen molar-refractivity contribution in [2.75, 3.05) is 6.61 Å². The summed E-state index contributed by atoms with van der Waals surface area (Å²) in [5, 5.41) is 0. The van der Waals surface area contributed by atoms with Gasteiger partial charge in [-0.25, -0.2) is 9.78 Å². The molecule has 1 aromatic heterocycles. The van der Waals surface area contributed by atoms with Crippen LogP contribution in [0, 0.1) is 0 Å². The number of carbonyl (C=O) groups excluding carboxylic acids is 1. The Kier molecular flexibility index (Phi) is 4.52. The van der Waals surface area contributed by atoms with Crippen LogP contribution in [0.4, 0.5) is 0 Å². The van der Waals surface area contributed by atoms with Crippen LogP contribution in [0.25, 0.3) is 17.1 Å². The van der Waals surface area contributed by atoms with Gasteiger partial charge in [0, 0.05) is 11.8 Å². The number of para-hydroxylation sites is 1. The normalized spacial score (nSPS) is 10.4. The lowest BCUT2D eigenvalue weighted by atomic mass is 10.2. The molecular weight excluding hydrogens is 304 g/mol. The van der Waals surface area contributed by atoms with Crippen LogP contribution in [-0.4, -0.2) is 22.1 Å². The second-order valence-electron chi connectivity index (χ2n) is 5.06. The molecule has 2 aromatic carbocycles. The molecule has 0 aliphatic rings. The number of carbonyl (C=O) groups is 1. The molecule has 0 aliphatic carbocycles. The van der Waals surface area contributed by atoms with Gasteiger partial charge in [0.05, 0.1) is 12.3 Å². The fourth-order valence-electron chi connectivity index (χ4n) is 2.41. The lowest BCUT2D eigenvalue weighted by Gasteiger charge is -2.13. The Hall–Kier alpha value is -3.21. The first kappa shape index (κ1) is 15.7. The number of nitrogens with zero attached hydrogens (tertiary/aromatic N) is 2.